The number of nitrogens with one attached hydrogen (secondary N) is 1. The maximum absolute atomic E-state index is 5.89. The molecule has 1 aromatic carbocycles. The zero-order valence-corrected chi connectivity index (χ0v) is 12.9. The Labute approximate surface area is 126 Å². The molecule has 0 fully saturated rings. The van der Waals surface area contributed by atoms with Gasteiger partial charge in [-0.05, 0) is 49.7 Å². The summed E-state index contributed by atoms with van der Waals surface area (Å²) in [5.74, 6) is 0.918. The van der Waals surface area contributed by atoms with Crippen molar-refractivity contribution in [1.82, 2.24) is 4.98 Å². The molecule has 0 amide bonds. The lowest BCUT2D eigenvalue weighted by molar-refractivity contribution is 0.526. The maximum Gasteiger partial charge on any atom is 0.134 e. The highest BCUT2D eigenvalue weighted by Crippen LogP contribution is 2.28. The average molecular weight is 331 g/mol. The summed E-state index contributed by atoms with van der Waals surface area (Å²) in [4.78, 5) is 4.15. The van der Waals surface area contributed by atoms with Gasteiger partial charge in [0.2, 0.25) is 0 Å². The minimum absolute atomic E-state index is 0.0871. The van der Waals surface area contributed by atoms with Gasteiger partial charge in [-0.2, -0.15) is 0 Å². The number of furan rings is 1. The van der Waals surface area contributed by atoms with Gasteiger partial charge < -0.3 is 9.73 Å². The molecule has 3 rings (SSSR count). The summed E-state index contributed by atoms with van der Waals surface area (Å²) in [5.41, 5.74) is 3.10. The van der Waals surface area contributed by atoms with Crippen molar-refractivity contribution < 1.29 is 4.42 Å². The Kier molecular flexibility index (Phi) is 3.49. The third-order valence-electron chi connectivity index (χ3n) is 3.34. The Bertz CT molecular complexity index is 751. The lowest BCUT2D eigenvalue weighted by Crippen LogP contribution is -2.06. The van der Waals surface area contributed by atoms with Gasteiger partial charge in [0, 0.05) is 16.1 Å². The van der Waals surface area contributed by atoms with E-state index in [1.54, 1.807) is 6.20 Å². The molecule has 2 heterocycles. The molecule has 4 heteroatoms. The lowest BCUT2D eigenvalue weighted by Gasteiger charge is -2.14. The van der Waals surface area contributed by atoms with Crippen LogP contribution in [0.15, 0.2) is 51.6 Å². The molecule has 102 valence electrons. The molecule has 0 saturated heterocycles. The summed E-state index contributed by atoms with van der Waals surface area (Å²) in [6, 6.07) is 10.2. The molecule has 0 spiro atoms. The molecule has 1 atom stereocenters. The summed E-state index contributed by atoms with van der Waals surface area (Å²) in [5, 5.41) is 4.54. The number of hydrogen-bond donors (Lipinski definition) is 1. The van der Waals surface area contributed by atoms with Crippen molar-refractivity contribution >= 4 is 32.6 Å². The van der Waals surface area contributed by atoms with Gasteiger partial charge >= 0.3 is 0 Å². The molecular formula is C16H15BrN2O. The summed E-state index contributed by atoms with van der Waals surface area (Å²) in [7, 11) is 0. The fourth-order valence-electron chi connectivity index (χ4n) is 2.17. The lowest BCUT2D eigenvalue weighted by atomic mass is 10.2. The molecule has 1 N–H and O–H groups in total. The Morgan fingerprint density at radius 3 is 2.90 bits per heavy atom. The van der Waals surface area contributed by atoms with E-state index < -0.39 is 0 Å². The molecule has 0 aliphatic rings. The Morgan fingerprint density at radius 2 is 2.10 bits per heavy atom. The second-order valence-electron chi connectivity index (χ2n) is 4.89. The van der Waals surface area contributed by atoms with Crippen LogP contribution in [-0.4, -0.2) is 4.98 Å². The standard InChI is InChI=1S/C16H15BrN2O/c1-10-5-6-18-9-14(10)19-11(2)16-8-12-7-13(17)3-4-15(12)20-16/h3-9,11,19H,1-2H3. The van der Waals surface area contributed by atoms with E-state index >= 15 is 0 Å². The van der Waals surface area contributed by atoms with Crippen LogP contribution in [0.4, 0.5) is 5.69 Å². The number of halogens is 1. The van der Waals surface area contributed by atoms with Crippen LogP contribution in [0.5, 0.6) is 0 Å². The third kappa shape index (κ3) is 2.56. The molecule has 0 aliphatic carbocycles. The van der Waals surface area contributed by atoms with E-state index in [1.807, 2.05) is 24.4 Å². The highest BCUT2D eigenvalue weighted by atomic mass is 79.9. The highest BCUT2D eigenvalue weighted by molar-refractivity contribution is 9.10. The smallest absolute Gasteiger partial charge is 0.134 e. The fourth-order valence-corrected chi connectivity index (χ4v) is 2.55. The molecule has 2 aromatic heterocycles. The molecule has 0 bridgehead atoms. The first kappa shape index (κ1) is 13.2. The number of benzene rings is 1. The van der Waals surface area contributed by atoms with Crippen molar-refractivity contribution in [2.75, 3.05) is 5.32 Å². The van der Waals surface area contributed by atoms with Gasteiger partial charge in [0.1, 0.15) is 11.3 Å². The number of aromatic nitrogens is 1. The van der Waals surface area contributed by atoms with Crippen LogP contribution in [0.1, 0.15) is 24.3 Å². The highest BCUT2D eigenvalue weighted by Gasteiger charge is 2.12. The summed E-state index contributed by atoms with van der Waals surface area (Å²) in [6.07, 6.45) is 3.63. The number of fused-ring (bicyclic) bond motifs is 1. The van der Waals surface area contributed by atoms with Crippen LogP contribution < -0.4 is 5.32 Å². The first-order chi connectivity index (χ1) is 9.63. The number of pyridine rings is 1. The molecule has 0 aliphatic heterocycles. The predicted octanol–water partition coefficient (Wildman–Crippen LogP) is 5.07. The van der Waals surface area contributed by atoms with E-state index in [1.165, 1.54) is 5.56 Å². The molecule has 1 unspecified atom stereocenters. The monoisotopic (exact) mass is 330 g/mol. The number of hydrogen-bond acceptors (Lipinski definition) is 3. The Balaban J connectivity index is 1.89. The maximum atomic E-state index is 5.89. The van der Waals surface area contributed by atoms with Crippen molar-refractivity contribution in [3.8, 4) is 0 Å². The SMILES string of the molecule is Cc1ccncc1NC(C)c1cc2cc(Br)ccc2o1. The zero-order chi connectivity index (χ0) is 14.1. The summed E-state index contributed by atoms with van der Waals surface area (Å²) < 4.78 is 6.95. The van der Waals surface area contributed by atoms with Gasteiger partial charge in [-0.3, -0.25) is 4.98 Å². The average Bonchev–Trinajstić information content (AvgIpc) is 2.84. The van der Waals surface area contributed by atoms with Crippen LogP contribution in [0.2, 0.25) is 0 Å². The second kappa shape index (κ2) is 5.29. The summed E-state index contributed by atoms with van der Waals surface area (Å²) in [6.45, 7) is 4.14. The van der Waals surface area contributed by atoms with Crippen LogP contribution >= 0.6 is 15.9 Å². The van der Waals surface area contributed by atoms with Crippen LogP contribution in [0.25, 0.3) is 11.0 Å². The molecule has 0 saturated carbocycles. The molecule has 3 nitrogen and oxygen atoms in total. The van der Waals surface area contributed by atoms with Gasteiger partial charge in [0.15, 0.2) is 0 Å². The number of rotatable bonds is 3. The first-order valence-corrected chi connectivity index (χ1v) is 7.29. The van der Waals surface area contributed by atoms with E-state index in [0.29, 0.717) is 0 Å². The van der Waals surface area contributed by atoms with E-state index in [9.17, 15) is 0 Å². The van der Waals surface area contributed by atoms with Crippen molar-refractivity contribution in [3.63, 3.8) is 0 Å². The van der Waals surface area contributed by atoms with E-state index in [0.717, 1.165) is 26.9 Å². The van der Waals surface area contributed by atoms with Crippen LogP contribution in [-0.2, 0) is 0 Å². The zero-order valence-electron chi connectivity index (χ0n) is 11.4. The first-order valence-electron chi connectivity index (χ1n) is 6.49. The second-order valence-corrected chi connectivity index (χ2v) is 5.80. The van der Waals surface area contributed by atoms with Gasteiger partial charge in [-0.1, -0.05) is 15.9 Å². The van der Waals surface area contributed by atoms with Crippen molar-refractivity contribution in [1.29, 1.82) is 0 Å². The molecule has 0 radical (unpaired) electrons. The molecular weight excluding hydrogens is 316 g/mol. The predicted molar refractivity (Wildman–Crippen MR) is 84.9 cm³/mol. The van der Waals surface area contributed by atoms with Gasteiger partial charge in [-0.15, -0.1) is 0 Å². The largest absolute Gasteiger partial charge is 0.459 e. The number of nitrogens with zero attached hydrogens (tertiary/aromatic N) is 1. The Hall–Kier alpha value is -1.81. The van der Waals surface area contributed by atoms with E-state index in [4.69, 9.17) is 4.42 Å². The van der Waals surface area contributed by atoms with E-state index in [-0.39, 0.29) is 6.04 Å². The van der Waals surface area contributed by atoms with Crippen molar-refractivity contribution in [2.24, 2.45) is 0 Å². The number of anilines is 1. The van der Waals surface area contributed by atoms with Crippen LogP contribution in [0, 0.1) is 6.92 Å². The van der Waals surface area contributed by atoms with Gasteiger partial charge in [0.05, 0.1) is 17.9 Å². The quantitative estimate of drug-likeness (QED) is 0.728. The van der Waals surface area contributed by atoms with E-state index in [2.05, 4.69) is 52.2 Å². The van der Waals surface area contributed by atoms with Crippen molar-refractivity contribution in [3.05, 3.63) is 58.5 Å². The third-order valence-corrected chi connectivity index (χ3v) is 3.83. The van der Waals surface area contributed by atoms with Crippen molar-refractivity contribution in [2.45, 2.75) is 19.9 Å². The minimum atomic E-state index is 0.0871. The molecule has 3 aromatic rings. The fraction of sp³-hybridized carbons (Fsp3) is 0.188. The molecule has 20 heavy (non-hydrogen) atoms. The Morgan fingerprint density at radius 1 is 1.25 bits per heavy atom. The minimum Gasteiger partial charge on any atom is -0.459 e. The summed E-state index contributed by atoms with van der Waals surface area (Å²) >= 11 is 3.48. The normalized spacial score (nSPS) is 12.6. The van der Waals surface area contributed by atoms with Crippen LogP contribution in [0.3, 0.4) is 0 Å². The van der Waals surface area contributed by atoms with Gasteiger partial charge in [-0.25, -0.2) is 0 Å². The number of aryl methyl sites for hydroxylation is 1. The topological polar surface area (TPSA) is 38.1 Å². The van der Waals surface area contributed by atoms with Gasteiger partial charge in [0.25, 0.3) is 0 Å².